The van der Waals surface area contributed by atoms with Crippen LogP contribution < -0.4 is 16.4 Å². The van der Waals surface area contributed by atoms with Crippen LogP contribution in [-0.4, -0.2) is 96.8 Å². The van der Waals surface area contributed by atoms with Gasteiger partial charge in [-0.2, -0.15) is 18.3 Å². The van der Waals surface area contributed by atoms with Gasteiger partial charge < -0.3 is 35.8 Å². The molecule has 46 heavy (non-hydrogen) atoms. The van der Waals surface area contributed by atoms with Crippen molar-refractivity contribution < 1.29 is 37.5 Å². The van der Waals surface area contributed by atoms with Crippen molar-refractivity contribution in [1.29, 1.82) is 0 Å². The third-order valence-electron chi connectivity index (χ3n) is 7.64. The largest absolute Gasteiger partial charge is 0.483 e. The average molecular weight is 713 g/mol. The van der Waals surface area contributed by atoms with Crippen molar-refractivity contribution in [3.63, 3.8) is 0 Å². The van der Waals surface area contributed by atoms with Gasteiger partial charge in [-0.1, -0.05) is 0 Å². The Balaban J connectivity index is 0.00000154. The molecule has 1 aliphatic heterocycles. The van der Waals surface area contributed by atoms with Crippen molar-refractivity contribution in [2.75, 3.05) is 31.5 Å². The molecule has 14 nitrogen and oxygen atoms in total. The lowest BCUT2D eigenvalue weighted by Gasteiger charge is -2.38. The fraction of sp³-hybridized carbons (Fsp3) is 0.429. The number of nitrogens with zero attached hydrogens (tertiary/aromatic N) is 6. The number of carbonyl (C=O) groups excluding carboxylic acids is 3. The summed E-state index contributed by atoms with van der Waals surface area (Å²) >= 11 is 3.41. The molecule has 0 spiro atoms. The van der Waals surface area contributed by atoms with Crippen LogP contribution in [0.5, 0.6) is 0 Å². The van der Waals surface area contributed by atoms with E-state index in [9.17, 15) is 27.6 Å². The number of benzene rings is 1. The van der Waals surface area contributed by atoms with E-state index in [0.717, 1.165) is 12.8 Å². The Bertz CT molecular complexity index is 1600. The molecule has 2 aromatic heterocycles. The van der Waals surface area contributed by atoms with Gasteiger partial charge in [-0.05, 0) is 53.9 Å². The lowest BCUT2D eigenvalue weighted by molar-refractivity contribution is -0.141. The summed E-state index contributed by atoms with van der Waals surface area (Å²) in [5.41, 5.74) is 5.36. The Kier molecular flexibility index (Phi) is 10.7. The average Bonchev–Trinajstić information content (AvgIpc) is 3.60. The second-order valence-electron chi connectivity index (χ2n) is 10.7. The van der Waals surface area contributed by atoms with Crippen LogP contribution in [0.25, 0.3) is 11.3 Å². The number of nitrogens with one attached hydrogen (secondary N) is 2. The van der Waals surface area contributed by atoms with E-state index in [4.69, 9.17) is 15.6 Å². The smallest absolute Gasteiger partial charge is 0.435 e. The maximum atomic E-state index is 13.6. The second-order valence-corrected chi connectivity index (χ2v) is 11.5. The Hall–Kier alpha value is -4.45. The van der Waals surface area contributed by atoms with Gasteiger partial charge in [0.15, 0.2) is 11.5 Å². The number of nitrogens with two attached hydrogens (primary N) is 1. The summed E-state index contributed by atoms with van der Waals surface area (Å²) in [5, 5.41) is 16.2. The van der Waals surface area contributed by atoms with Crippen molar-refractivity contribution in [2.24, 2.45) is 12.8 Å². The molecule has 2 fully saturated rings. The van der Waals surface area contributed by atoms with Crippen LogP contribution in [0.1, 0.15) is 46.4 Å². The molecule has 0 bridgehead atoms. The number of urea groups is 1. The summed E-state index contributed by atoms with van der Waals surface area (Å²) in [6.45, 7) is 3.21. The van der Waals surface area contributed by atoms with Crippen molar-refractivity contribution in [1.82, 2.24) is 34.4 Å². The van der Waals surface area contributed by atoms with E-state index in [-0.39, 0.29) is 54.1 Å². The quantitative estimate of drug-likeness (QED) is 0.282. The molecule has 4 amide bonds. The van der Waals surface area contributed by atoms with Crippen LogP contribution in [0, 0.1) is 0 Å². The van der Waals surface area contributed by atoms with Gasteiger partial charge >= 0.3 is 12.2 Å². The van der Waals surface area contributed by atoms with Gasteiger partial charge in [0.05, 0.1) is 23.0 Å². The number of aryl methyl sites for hydroxylation is 1. The van der Waals surface area contributed by atoms with Gasteiger partial charge in [0.2, 0.25) is 0 Å². The van der Waals surface area contributed by atoms with Crippen molar-refractivity contribution >= 4 is 45.9 Å². The third kappa shape index (κ3) is 7.67. The summed E-state index contributed by atoms with van der Waals surface area (Å²) in [5.74, 6) is -0.975. The van der Waals surface area contributed by atoms with Gasteiger partial charge in [-0.25, -0.2) is 9.78 Å². The number of hydrogen-bond donors (Lipinski definition) is 4. The monoisotopic (exact) mass is 711 g/mol. The van der Waals surface area contributed by atoms with Gasteiger partial charge in [0.25, 0.3) is 18.3 Å². The van der Waals surface area contributed by atoms with Gasteiger partial charge in [0.1, 0.15) is 0 Å². The zero-order chi connectivity index (χ0) is 33.8. The highest BCUT2D eigenvalue weighted by Gasteiger charge is 2.38. The first-order valence-corrected chi connectivity index (χ1v) is 15.0. The lowest BCUT2D eigenvalue weighted by atomic mass is 9.88. The molecule has 5 rings (SSSR count). The molecule has 5 N–H and O–H groups in total. The van der Waals surface area contributed by atoms with Crippen LogP contribution in [0.2, 0.25) is 0 Å². The number of alkyl halides is 3. The maximum absolute atomic E-state index is 13.6. The van der Waals surface area contributed by atoms with E-state index < -0.39 is 17.8 Å². The summed E-state index contributed by atoms with van der Waals surface area (Å²) in [6, 6.07) is 4.78. The normalized spacial score (nSPS) is 17.8. The van der Waals surface area contributed by atoms with Crippen LogP contribution in [0.3, 0.4) is 0 Å². The molecule has 18 heteroatoms. The number of amides is 4. The second kappa shape index (κ2) is 14.3. The SMILES string of the molecule is CCn1cc(-c2cnc(C(=O)Nc3ccc(C(=O)N4CCN(C(=O)NC5CC(N)C5)CC4)c(Br)c3)n2C)c(C(F)(F)F)n1.O=CO. The zero-order valence-electron chi connectivity index (χ0n) is 24.9. The number of rotatable bonds is 6. The molecule has 248 valence electrons. The van der Waals surface area contributed by atoms with Gasteiger partial charge in [-0.15, -0.1) is 0 Å². The van der Waals surface area contributed by atoms with Crippen molar-refractivity contribution in [2.45, 2.75) is 44.6 Å². The Labute approximate surface area is 269 Å². The molecule has 3 aromatic rings. The predicted octanol–water partition coefficient (Wildman–Crippen LogP) is 3.00. The van der Waals surface area contributed by atoms with Crippen LogP contribution in [0.4, 0.5) is 23.7 Å². The first-order valence-electron chi connectivity index (χ1n) is 14.2. The van der Waals surface area contributed by atoms with E-state index in [1.54, 1.807) is 34.9 Å². The first-order chi connectivity index (χ1) is 21.8. The van der Waals surface area contributed by atoms with Gasteiger partial charge in [0, 0.05) is 68.2 Å². The molecule has 2 aliphatic rings. The molecule has 0 radical (unpaired) electrons. The third-order valence-corrected chi connectivity index (χ3v) is 8.29. The molecule has 1 saturated carbocycles. The van der Waals surface area contributed by atoms with Crippen LogP contribution in [0.15, 0.2) is 35.1 Å². The van der Waals surface area contributed by atoms with Crippen molar-refractivity contribution in [3.8, 4) is 11.3 Å². The molecular formula is C28H33BrF3N9O5. The molecule has 1 aliphatic carbocycles. The minimum Gasteiger partial charge on any atom is -0.483 e. The summed E-state index contributed by atoms with van der Waals surface area (Å²) < 4.78 is 43.7. The predicted molar refractivity (Wildman–Crippen MR) is 163 cm³/mol. The number of piperazine rings is 1. The number of anilines is 1. The minimum absolute atomic E-state index is 0.0871. The number of carboxylic acid groups (broad SMARTS) is 1. The number of carbonyl (C=O) groups is 4. The summed E-state index contributed by atoms with van der Waals surface area (Å²) in [7, 11) is 1.45. The fourth-order valence-electron chi connectivity index (χ4n) is 5.13. The highest BCUT2D eigenvalue weighted by atomic mass is 79.9. The molecule has 1 saturated heterocycles. The Morgan fingerprint density at radius 3 is 2.35 bits per heavy atom. The maximum Gasteiger partial charge on any atom is 0.435 e. The molecule has 0 atom stereocenters. The van der Waals surface area contributed by atoms with E-state index >= 15 is 0 Å². The van der Waals surface area contributed by atoms with Gasteiger partial charge in [-0.3, -0.25) is 19.1 Å². The van der Waals surface area contributed by atoms with E-state index in [2.05, 4.69) is 36.6 Å². The molecule has 1 aromatic carbocycles. The number of hydrogen-bond acceptors (Lipinski definition) is 7. The molecule has 3 heterocycles. The number of imidazole rings is 1. The summed E-state index contributed by atoms with van der Waals surface area (Å²) in [4.78, 5) is 54.5. The zero-order valence-corrected chi connectivity index (χ0v) is 26.5. The number of halogens is 4. The summed E-state index contributed by atoms with van der Waals surface area (Å²) in [6.07, 6.45) is -0.669. The lowest BCUT2D eigenvalue weighted by Crippen LogP contribution is -2.57. The standard InChI is InChI=1S/C27H31BrF3N9O3.CH2O2/c1-3-40-14-19(22(36-40)27(29,30)31)21-13-33-23(37(21)2)24(41)34-16-4-5-18(20(28)12-16)25(42)38-6-8-39(9-7-38)26(43)35-17-10-15(32)11-17;2-1-3/h4-5,12-15,17H,3,6-11,32H2,1-2H3,(H,34,41)(H,35,43);1H,(H,2,3). The number of aromatic nitrogens is 4. The first kappa shape index (κ1) is 34.4. The van der Waals surface area contributed by atoms with Crippen LogP contribution >= 0.6 is 15.9 Å². The van der Waals surface area contributed by atoms with E-state index in [0.29, 0.717) is 41.9 Å². The Morgan fingerprint density at radius 2 is 1.78 bits per heavy atom. The highest BCUT2D eigenvalue weighted by Crippen LogP contribution is 2.36. The van der Waals surface area contributed by atoms with Crippen molar-refractivity contribution in [3.05, 3.63) is 52.1 Å². The van der Waals surface area contributed by atoms with Crippen LogP contribution in [-0.2, 0) is 24.6 Å². The van der Waals surface area contributed by atoms with E-state index in [1.165, 1.54) is 28.7 Å². The molecular weight excluding hydrogens is 679 g/mol. The topological polar surface area (TPSA) is 181 Å². The minimum atomic E-state index is -4.68. The highest BCUT2D eigenvalue weighted by molar-refractivity contribution is 9.10. The molecule has 0 unspecified atom stereocenters. The Morgan fingerprint density at radius 1 is 1.15 bits per heavy atom. The van der Waals surface area contributed by atoms with E-state index in [1.807, 2.05) is 0 Å². The fourth-order valence-corrected chi connectivity index (χ4v) is 5.68.